The molecular weight excluding hydrogens is 440 g/mol. The number of benzene rings is 2. The Morgan fingerprint density at radius 3 is 2.55 bits per heavy atom. The largest absolute Gasteiger partial charge is 0.495 e. The molecule has 1 unspecified atom stereocenters. The lowest BCUT2D eigenvalue weighted by Crippen LogP contribution is -2.59. The van der Waals surface area contributed by atoms with Crippen molar-refractivity contribution in [2.24, 2.45) is 13.0 Å². The van der Waals surface area contributed by atoms with E-state index in [-0.39, 0.29) is 18.4 Å². The zero-order valence-electron chi connectivity index (χ0n) is 18.9. The summed E-state index contributed by atoms with van der Waals surface area (Å²) >= 11 is 6.48. The maximum atomic E-state index is 13.3. The number of fused-ring (bicyclic) bond motifs is 1. The van der Waals surface area contributed by atoms with Crippen molar-refractivity contribution in [3.8, 4) is 5.75 Å². The molecule has 2 heterocycles. The Labute approximate surface area is 198 Å². The van der Waals surface area contributed by atoms with Crippen LogP contribution in [0.3, 0.4) is 0 Å². The van der Waals surface area contributed by atoms with Crippen LogP contribution in [0, 0.1) is 5.92 Å². The third-order valence-corrected chi connectivity index (χ3v) is 7.82. The predicted molar refractivity (Wildman–Crippen MR) is 128 cm³/mol. The number of aliphatic hydroxyl groups excluding tert-OH is 1. The van der Waals surface area contributed by atoms with Crippen molar-refractivity contribution in [1.29, 1.82) is 0 Å². The van der Waals surface area contributed by atoms with Crippen LogP contribution in [0.5, 0.6) is 5.75 Å². The second kappa shape index (κ2) is 8.67. The Balaban J connectivity index is 1.40. The van der Waals surface area contributed by atoms with Gasteiger partial charge in [0.2, 0.25) is 0 Å². The van der Waals surface area contributed by atoms with Gasteiger partial charge in [-0.05, 0) is 48.1 Å². The number of nitrogens with one attached hydrogen (secondary N) is 1. The topological polar surface area (TPSA) is 72.7 Å². The van der Waals surface area contributed by atoms with E-state index in [0.717, 1.165) is 22.0 Å². The van der Waals surface area contributed by atoms with Gasteiger partial charge in [0.1, 0.15) is 17.0 Å². The normalized spacial score (nSPS) is 18.4. The molecule has 174 valence electrons. The maximum absolute atomic E-state index is 13.3. The number of carbonyl (C=O) groups is 1. The summed E-state index contributed by atoms with van der Waals surface area (Å²) < 4.78 is 12.7. The summed E-state index contributed by atoms with van der Waals surface area (Å²) in [4.78, 5) is 13.3. The first-order chi connectivity index (χ1) is 16.0. The fourth-order valence-electron chi connectivity index (χ4n) is 5.05. The van der Waals surface area contributed by atoms with Gasteiger partial charge in [0.15, 0.2) is 0 Å². The number of carbonyl (C=O) groups excluding carboxylic acids is 1. The molecule has 2 aromatic carbocycles. The van der Waals surface area contributed by atoms with Crippen molar-refractivity contribution < 1.29 is 19.4 Å². The third-order valence-electron chi connectivity index (χ3n) is 7.43. The zero-order chi connectivity index (χ0) is 23.2. The van der Waals surface area contributed by atoms with Crippen LogP contribution in [-0.4, -0.2) is 42.5 Å². The summed E-state index contributed by atoms with van der Waals surface area (Å²) in [6, 6.07) is 13.8. The molecule has 2 aliphatic rings. The molecule has 33 heavy (non-hydrogen) atoms. The molecule has 1 aliphatic heterocycles. The molecule has 3 aromatic rings. The van der Waals surface area contributed by atoms with E-state index in [2.05, 4.69) is 29.6 Å². The minimum absolute atomic E-state index is 0.170. The van der Waals surface area contributed by atoms with Crippen LogP contribution in [-0.2, 0) is 17.3 Å². The van der Waals surface area contributed by atoms with Gasteiger partial charge in [-0.2, -0.15) is 0 Å². The molecule has 2 fully saturated rings. The van der Waals surface area contributed by atoms with Crippen molar-refractivity contribution in [3.63, 3.8) is 0 Å². The second-order valence-electron chi connectivity index (χ2n) is 9.23. The highest BCUT2D eigenvalue weighted by molar-refractivity contribution is 6.37. The van der Waals surface area contributed by atoms with Crippen LogP contribution in [0.4, 0.5) is 0 Å². The van der Waals surface area contributed by atoms with Crippen molar-refractivity contribution in [2.45, 2.75) is 30.7 Å². The number of methoxy groups -OCH3 is 1. The molecule has 1 aromatic heterocycles. The Kier molecular flexibility index (Phi) is 5.85. The summed E-state index contributed by atoms with van der Waals surface area (Å²) in [5.74, 6) is 1.15. The highest BCUT2D eigenvalue weighted by Crippen LogP contribution is 2.40. The Bertz CT molecular complexity index is 1180. The minimum Gasteiger partial charge on any atom is -0.495 e. The monoisotopic (exact) mass is 468 g/mol. The summed E-state index contributed by atoms with van der Waals surface area (Å²) in [6.45, 7) is 1.01. The van der Waals surface area contributed by atoms with Crippen LogP contribution in [0.2, 0.25) is 5.02 Å². The highest BCUT2D eigenvalue weighted by atomic mass is 35.5. The molecule has 6 nitrogen and oxygen atoms in total. The van der Waals surface area contributed by atoms with E-state index in [4.69, 9.17) is 21.1 Å². The fourth-order valence-corrected chi connectivity index (χ4v) is 5.34. The SMILES string of the molecule is COc1ccc2c(cc(C(=O)NC3(c4ccc(C(CO)C5CCC5)cc4)COC3)n2C)c1Cl. The number of rotatable bonds is 7. The first-order valence-electron chi connectivity index (χ1n) is 11.4. The molecule has 7 heteroatoms. The zero-order valence-corrected chi connectivity index (χ0v) is 19.7. The molecule has 1 aliphatic carbocycles. The second-order valence-corrected chi connectivity index (χ2v) is 9.61. The third kappa shape index (κ3) is 3.70. The Morgan fingerprint density at radius 2 is 2.00 bits per heavy atom. The number of aliphatic hydroxyl groups is 1. The number of hydrogen-bond donors (Lipinski definition) is 2. The van der Waals surface area contributed by atoms with Crippen LogP contribution in [0.25, 0.3) is 10.9 Å². The molecule has 0 spiro atoms. The van der Waals surface area contributed by atoms with Crippen molar-refractivity contribution >= 4 is 28.4 Å². The van der Waals surface area contributed by atoms with Gasteiger partial charge < -0.3 is 24.5 Å². The Hall–Kier alpha value is -2.54. The highest BCUT2D eigenvalue weighted by Gasteiger charge is 2.42. The lowest BCUT2D eigenvalue weighted by Gasteiger charge is -2.42. The van der Waals surface area contributed by atoms with E-state index in [0.29, 0.717) is 35.6 Å². The number of halogens is 1. The van der Waals surface area contributed by atoms with E-state index in [1.54, 1.807) is 19.2 Å². The van der Waals surface area contributed by atoms with Gasteiger partial charge in [-0.1, -0.05) is 42.3 Å². The lowest BCUT2D eigenvalue weighted by atomic mass is 9.73. The van der Waals surface area contributed by atoms with Crippen LogP contribution in [0.15, 0.2) is 42.5 Å². The molecule has 1 amide bonds. The van der Waals surface area contributed by atoms with Gasteiger partial charge in [-0.25, -0.2) is 0 Å². The average molecular weight is 469 g/mol. The van der Waals surface area contributed by atoms with E-state index in [1.807, 2.05) is 17.7 Å². The molecule has 0 bridgehead atoms. The van der Waals surface area contributed by atoms with Gasteiger partial charge in [-0.15, -0.1) is 0 Å². The first kappa shape index (κ1) is 22.3. The van der Waals surface area contributed by atoms with Crippen LogP contribution >= 0.6 is 11.6 Å². The average Bonchev–Trinajstić information content (AvgIpc) is 3.11. The summed E-state index contributed by atoms with van der Waals surface area (Å²) in [5, 5.41) is 14.4. The molecular formula is C26H29ClN2O4. The first-order valence-corrected chi connectivity index (χ1v) is 11.8. The summed E-state index contributed by atoms with van der Waals surface area (Å²) in [5.41, 5.74) is 2.98. The summed E-state index contributed by atoms with van der Waals surface area (Å²) in [6.07, 6.45) is 3.61. The van der Waals surface area contributed by atoms with Crippen molar-refractivity contribution in [3.05, 3.63) is 64.3 Å². The van der Waals surface area contributed by atoms with E-state index >= 15 is 0 Å². The van der Waals surface area contributed by atoms with Gasteiger partial charge in [-0.3, -0.25) is 4.79 Å². The number of aromatic nitrogens is 1. The summed E-state index contributed by atoms with van der Waals surface area (Å²) in [7, 11) is 3.43. The smallest absolute Gasteiger partial charge is 0.268 e. The quantitative estimate of drug-likeness (QED) is 0.540. The van der Waals surface area contributed by atoms with Gasteiger partial charge >= 0.3 is 0 Å². The van der Waals surface area contributed by atoms with E-state index in [9.17, 15) is 9.90 Å². The number of ether oxygens (including phenoxy) is 2. The maximum Gasteiger partial charge on any atom is 0.268 e. The van der Waals surface area contributed by atoms with Crippen molar-refractivity contribution in [1.82, 2.24) is 9.88 Å². The number of aryl methyl sites for hydroxylation is 1. The van der Waals surface area contributed by atoms with E-state index < -0.39 is 5.54 Å². The van der Waals surface area contributed by atoms with Crippen molar-refractivity contribution in [2.75, 3.05) is 26.9 Å². The number of nitrogens with zero attached hydrogens (tertiary/aromatic N) is 1. The van der Waals surface area contributed by atoms with E-state index in [1.165, 1.54) is 19.3 Å². The number of amides is 1. The minimum atomic E-state index is -0.571. The lowest BCUT2D eigenvalue weighted by molar-refractivity contribution is -0.0734. The molecule has 2 N–H and O–H groups in total. The molecule has 5 rings (SSSR count). The van der Waals surface area contributed by atoms with Gasteiger partial charge in [0.25, 0.3) is 5.91 Å². The Morgan fingerprint density at radius 1 is 1.27 bits per heavy atom. The van der Waals surface area contributed by atoms with Crippen LogP contribution in [0.1, 0.15) is 46.8 Å². The molecule has 1 saturated carbocycles. The predicted octanol–water partition coefficient (Wildman–Crippen LogP) is 4.37. The molecule has 1 saturated heterocycles. The van der Waals surface area contributed by atoms with Gasteiger partial charge in [0.05, 0.1) is 37.5 Å². The molecule has 1 atom stereocenters. The standard InChI is InChI=1S/C26H29ClN2O4/c1-29-21-10-11-23(32-2)24(27)19(21)12-22(29)25(31)28-26(14-33-15-26)18-8-6-17(7-9-18)20(13-30)16-4-3-5-16/h6-12,16,20,30H,3-5,13-15H2,1-2H3,(H,28,31). The fraction of sp³-hybridized carbons (Fsp3) is 0.423. The number of hydrogen-bond acceptors (Lipinski definition) is 4. The van der Waals surface area contributed by atoms with Crippen LogP contribution < -0.4 is 10.1 Å². The van der Waals surface area contributed by atoms with Gasteiger partial charge in [0, 0.05) is 18.4 Å². The molecule has 0 radical (unpaired) electrons.